The standard InChI is InChI=1S/C8H15N3O/c9-5-1-3-6-7(4-2-5)10-11-8(6)12/h5-7,10H,1-4,9H2,(H,11,12). The van der Waals surface area contributed by atoms with E-state index in [4.69, 9.17) is 5.73 Å². The summed E-state index contributed by atoms with van der Waals surface area (Å²) < 4.78 is 0. The number of amides is 1. The average molecular weight is 169 g/mol. The van der Waals surface area contributed by atoms with E-state index in [0.29, 0.717) is 12.1 Å². The van der Waals surface area contributed by atoms with Gasteiger partial charge in [-0.1, -0.05) is 0 Å². The number of nitrogens with one attached hydrogen (secondary N) is 2. The fraction of sp³-hybridized carbons (Fsp3) is 0.875. The third-order valence-corrected chi connectivity index (χ3v) is 2.90. The van der Waals surface area contributed by atoms with Crippen LogP contribution < -0.4 is 16.6 Å². The Labute approximate surface area is 71.9 Å². The molecular weight excluding hydrogens is 154 g/mol. The minimum atomic E-state index is 0.147. The van der Waals surface area contributed by atoms with Crippen LogP contribution in [0.15, 0.2) is 0 Å². The third-order valence-electron chi connectivity index (χ3n) is 2.90. The summed E-state index contributed by atoms with van der Waals surface area (Å²) in [5, 5.41) is 0. The van der Waals surface area contributed by atoms with Crippen LogP contribution in [0.25, 0.3) is 0 Å². The summed E-state index contributed by atoms with van der Waals surface area (Å²) in [7, 11) is 0. The van der Waals surface area contributed by atoms with Crippen molar-refractivity contribution in [1.29, 1.82) is 0 Å². The Morgan fingerprint density at radius 3 is 2.83 bits per heavy atom. The Morgan fingerprint density at radius 2 is 2.00 bits per heavy atom. The number of hydrazine groups is 1. The largest absolute Gasteiger partial charge is 0.328 e. The maximum absolute atomic E-state index is 11.3. The molecule has 1 aliphatic heterocycles. The molecule has 1 saturated carbocycles. The monoisotopic (exact) mass is 169 g/mol. The van der Waals surface area contributed by atoms with Gasteiger partial charge in [0.1, 0.15) is 0 Å². The van der Waals surface area contributed by atoms with Gasteiger partial charge in [-0.2, -0.15) is 0 Å². The average Bonchev–Trinajstić information content (AvgIpc) is 2.28. The first-order chi connectivity index (χ1) is 5.77. The van der Waals surface area contributed by atoms with E-state index in [1.165, 1.54) is 0 Å². The summed E-state index contributed by atoms with van der Waals surface area (Å²) in [6, 6.07) is 0.622. The predicted molar refractivity (Wildman–Crippen MR) is 45.0 cm³/mol. The van der Waals surface area contributed by atoms with E-state index >= 15 is 0 Å². The first-order valence-corrected chi connectivity index (χ1v) is 4.58. The van der Waals surface area contributed by atoms with Crippen molar-refractivity contribution in [1.82, 2.24) is 10.9 Å². The molecule has 1 amide bonds. The molecule has 0 aromatic carbocycles. The Kier molecular flexibility index (Phi) is 2.02. The molecule has 12 heavy (non-hydrogen) atoms. The SMILES string of the molecule is NC1CCC2NNC(=O)C2CC1. The molecule has 2 rings (SSSR count). The first kappa shape index (κ1) is 8.01. The highest BCUT2D eigenvalue weighted by Gasteiger charge is 2.36. The van der Waals surface area contributed by atoms with Crippen molar-refractivity contribution < 1.29 is 4.79 Å². The molecule has 0 bridgehead atoms. The van der Waals surface area contributed by atoms with Gasteiger partial charge in [-0.15, -0.1) is 0 Å². The molecule has 0 spiro atoms. The van der Waals surface area contributed by atoms with E-state index in [2.05, 4.69) is 10.9 Å². The Balaban J connectivity index is 2.04. The second-order valence-corrected chi connectivity index (χ2v) is 3.76. The molecule has 0 aromatic heterocycles. The maximum atomic E-state index is 11.3. The zero-order chi connectivity index (χ0) is 8.55. The summed E-state index contributed by atoms with van der Waals surface area (Å²) in [6.07, 6.45) is 3.97. The van der Waals surface area contributed by atoms with Crippen LogP contribution in [0.1, 0.15) is 25.7 Å². The van der Waals surface area contributed by atoms with Crippen LogP contribution in [0.3, 0.4) is 0 Å². The highest BCUT2D eigenvalue weighted by atomic mass is 16.2. The molecule has 3 atom stereocenters. The van der Waals surface area contributed by atoms with Crippen molar-refractivity contribution >= 4 is 5.91 Å². The van der Waals surface area contributed by atoms with Crippen LogP contribution in [-0.4, -0.2) is 18.0 Å². The number of carbonyl (C=O) groups excluding carboxylic acids is 1. The van der Waals surface area contributed by atoms with Gasteiger partial charge in [0.2, 0.25) is 5.91 Å². The van der Waals surface area contributed by atoms with Crippen molar-refractivity contribution in [2.24, 2.45) is 11.7 Å². The molecule has 1 heterocycles. The molecule has 68 valence electrons. The quantitative estimate of drug-likeness (QED) is 0.458. The van der Waals surface area contributed by atoms with Crippen molar-refractivity contribution in [2.75, 3.05) is 0 Å². The van der Waals surface area contributed by atoms with Gasteiger partial charge in [0.15, 0.2) is 0 Å². The van der Waals surface area contributed by atoms with E-state index in [0.717, 1.165) is 25.7 Å². The lowest BCUT2D eigenvalue weighted by atomic mass is 9.97. The van der Waals surface area contributed by atoms with Crippen LogP contribution in [0.5, 0.6) is 0 Å². The first-order valence-electron chi connectivity index (χ1n) is 4.58. The number of carbonyl (C=O) groups is 1. The zero-order valence-corrected chi connectivity index (χ0v) is 7.05. The lowest BCUT2D eigenvalue weighted by molar-refractivity contribution is -0.122. The van der Waals surface area contributed by atoms with Gasteiger partial charge in [0.05, 0.1) is 5.92 Å². The number of rotatable bonds is 0. The maximum Gasteiger partial charge on any atom is 0.238 e. The number of hydrogen-bond acceptors (Lipinski definition) is 3. The van der Waals surface area contributed by atoms with Crippen molar-refractivity contribution in [3.05, 3.63) is 0 Å². The van der Waals surface area contributed by atoms with Crippen LogP contribution in [0, 0.1) is 5.92 Å². The van der Waals surface area contributed by atoms with Crippen LogP contribution in [0.2, 0.25) is 0 Å². The van der Waals surface area contributed by atoms with E-state index in [1.807, 2.05) is 0 Å². The van der Waals surface area contributed by atoms with Gasteiger partial charge in [-0.3, -0.25) is 10.2 Å². The highest BCUT2D eigenvalue weighted by molar-refractivity contribution is 5.80. The predicted octanol–water partition coefficient (Wildman–Crippen LogP) is -0.493. The summed E-state index contributed by atoms with van der Waals surface area (Å²) in [5.74, 6) is 0.313. The number of fused-ring (bicyclic) bond motifs is 1. The third kappa shape index (κ3) is 1.32. The van der Waals surface area contributed by atoms with Crippen LogP contribution in [0.4, 0.5) is 0 Å². The molecule has 1 saturated heterocycles. The molecule has 3 unspecified atom stereocenters. The van der Waals surface area contributed by atoms with Gasteiger partial charge in [-0.25, -0.2) is 5.43 Å². The Morgan fingerprint density at radius 1 is 1.25 bits per heavy atom. The van der Waals surface area contributed by atoms with Crippen LogP contribution in [-0.2, 0) is 4.79 Å². The molecule has 4 nitrogen and oxygen atoms in total. The lowest BCUT2D eigenvalue weighted by Gasteiger charge is -2.10. The number of nitrogens with two attached hydrogens (primary N) is 1. The fourth-order valence-electron chi connectivity index (χ4n) is 2.08. The molecule has 0 radical (unpaired) electrons. The molecular formula is C8H15N3O. The number of hydrogen-bond donors (Lipinski definition) is 3. The topological polar surface area (TPSA) is 67.2 Å². The van der Waals surface area contributed by atoms with Crippen molar-refractivity contribution in [2.45, 2.75) is 37.8 Å². The smallest absolute Gasteiger partial charge is 0.238 e. The highest BCUT2D eigenvalue weighted by Crippen LogP contribution is 2.25. The second kappa shape index (κ2) is 3.03. The van der Waals surface area contributed by atoms with E-state index < -0.39 is 0 Å². The van der Waals surface area contributed by atoms with Gasteiger partial charge in [0.25, 0.3) is 0 Å². The summed E-state index contributed by atoms with van der Waals surface area (Å²) in [6.45, 7) is 0. The van der Waals surface area contributed by atoms with Gasteiger partial charge >= 0.3 is 0 Å². The fourth-order valence-corrected chi connectivity index (χ4v) is 2.08. The van der Waals surface area contributed by atoms with Gasteiger partial charge in [-0.05, 0) is 25.7 Å². The van der Waals surface area contributed by atoms with E-state index in [-0.39, 0.29) is 11.8 Å². The molecule has 0 aromatic rings. The molecule has 2 fully saturated rings. The normalized spacial score (nSPS) is 41.8. The Bertz CT molecular complexity index is 195. The van der Waals surface area contributed by atoms with Gasteiger partial charge < -0.3 is 5.73 Å². The molecule has 4 N–H and O–H groups in total. The molecule has 2 aliphatic rings. The molecule has 1 aliphatic carbocycles. The minimum Gasteiger partial charge on any atom is -0.328 e. The summed E-state index contributed by atoms with van der Waals surface area (Å²) in [5.41, 5.74) is 11.5. The van der Waals surface area contributed by atoms with Gasteiger partial charge in [0, 0.05) is 12.1 Å². The molecule has 4 heteroatoms. The van der Waals surface area contributed by atoms with Crippen molar-refractivity contribution in [3.63, 3.8) is 0 Å². The van der Waals surface area contributed by atoms with Crippen molar-refractivity contribution in [3.8, 4) is 0 Å². The lowest BCUT2D eigenvalue weighted by Crippen LogP contribution is -2.32. The Hall–Kier alpha value is -0.610. The minimum absolute atomic E-state index is 0.147. The van der Waals surface area contributed by atoms with E-state index in [9.17, 15) is 4.79 Å². The summed E-state index contributed by atoms with van der Waals surface area (Å²) in [4.78, 5) is 11.3. The summed E-state index contributed by atoms with van der Waals surface area (Å²) >= 11 is 0. The second-order valence-electron chi connectivity index (χ2n) is 3.76. The van der Waals surface area contributed by atoms with E-state index in [1.54, 1.807) is 0 Å². The van der Waals surface area contributed by atoms with Crippen LogP contribution >= 0.6 is 0 Å². The zero-order valence-electron chi connectivity index (χ0n) is 7.05.